The summed E-state index contributed by atoms with van der Waals surface area (Å²) >= 11 is 0. The van der Waals surface area contributed by atoms with Gasteiger partial charge in [0.05, 0.1) is 53.7 Å². The van der Waals surface area contributed by atoms with Gasteiger partial charge in [-0.1, -0.05) is 98.0 Å². The van der Waals surface area contributed by atoms with Crippen LogP contribution in [-0.4, -0.2) is 69.8 Å². The normalized spacial score (nSPS) is 19.9. The summed E-state index contributed by atoms with van der Waals surface area (Å²) < 4.78 is 18.5. The minimum Gasteiger partial charge on any atom is -0.497 e. The highest BCUT2D eigenvalue weighted by molar-refractivity contribution is 6.91. The first-order chi connectivity index (χ1) is 28.0. The number of nitrogens with zero attached hydrogens (tertiary/aromatic N) is 3. The van der Waals surface area contributed by atoms with Crippen LogP contribution in [0.3, 0.4) is 0 Å². The van der Waals surface area contributed by atoms with Crippen LogP contribution in [0.15, 0.2) is 127 Å². The number of amides is 3. The molecule has 0 bridgehead atoms. The summed E-state index contributed by atoms with van der Waals surface area (Å²) in [5, 5.41) is 11.2. The fourth-order valence-electron chi connectivity index (χ4n) is 9.10. The number of benzene rings is 5. The van der Waals surface area contributed by atoms with Crippen molar-refractivity contribution in [3.8, 4) is 11.5 Å². The van der Waals surface area contributed by atoms with Gasteiger partial charge in [-0.15, -0.1) is 0 Å². The van der Waals surface area contributed by atoms with Crippen molar-refractivity contribution in [2.75, 3.05) is 37.2 Å². The van der Waals surface area contributed by atoms with Crippen molar-refractivity contribution in [3.05, 3.63) is 144 Å². The van der Waals surface area contributed by atoms with E-state index in [1.54, 1.807) is 28.9 Å². The van der Waals surface area contributed by atoms with Crippen molar-refractivity contribution in [3.63, 3.8) is 0 Å². The summed E-state index contributed by atoms with van der Waals surface area (Å²) in [6, 6.07) is 40.6. The molecule has 58 heavy (non-hydrogen) atoms. The van der Waals surface area contributed by atoms with Crippen LogP contribution in [0.25, 0.3) is 0 Å². The standard InChI is InChI=1S/C47H51N3O7Si/c1-33-45(58(4,5)40-23-20-38(55-2)21-24-40)43(29-44(53)48(26-27-51)30-34-12-8-6-9-13-34)57-47(33)41-28-39(56-3)22-25-42(41)49(46(47)54)31-35-16-18-37(19-17-35)50(32-52)36-14-10-7-11-15-36/h6-25,28,32-33,43,45,51H,26-27,29-31H2,1-5H3/t33-,43+,45-,47+/m1/s1. The molecule has 2 aliphatic rings. The lowest BCUT2D eigenvalue weighted by atomic mass is 9.82. The molecule has 2 aliphatic heterocycles. The average Bonchev–Trinajstić information content (AvgIpc) is 3.67. The quantitative estimate of drug-likeness (QED) is 0.0884. The molecule has 0 unspecified atom stereocenters. The molecule has 5 aromatic carbocycles. The minimum absolute atomic E-state index is 0.0405. The third-order valence-electron chi connectivity index (χ3n) is 12.1. The zero-order valence-electron chi connectivity index (χ0n) is 33.7. The van der Waals surface area contributed by atoms with Crippen molar-refractivity contribution in [1.29, 1.82) is 0 Å². The van der Waals surface area contributed by atoms with Crippen LogP contribution in [0.5, 0.6) is 11.5 Å². The highest BCUT2D eigenvalue weighted by atomic mass is 28.3. The maximum absolute atomic E-state index is 15.4. The van der Waals surface area contributed by atoms with E-state index in [4.69, 9.17) is 14.2 Å². The Labute approximate surface area is 341 Å². The maximum atomic E-state index is 15.4. The van der Waals surface area contributed by atoms with Crippen LogP contribution in [0.2, 0.25) is 18.6 Å². The molecule has 5 aromatic rings. The molecule has 4 atom stereocenters. The Balaban J connectivity index is 1.27. The van der Waals surface area contributed by atoms with Gasteiger partial charge in [0.2, 0.25) is 12.3 Å². The van der Waals surface area contributed by atoms with Crippen LogP contribution >= 0.6 is 0 Å². The van der Waals surface area contributed by atoms with E-state index in [0.717, 1.165) is 39.8 Å². The number of carbonyl (C=O) groups is 3. The number of aliphatic hydroxyl groups excluding tert-OH is 1. The second-order valence-corrected chi connectivity index (χ2v) is 20.3. The van der Waals surface area contributed by atoms with Gasteiger partial charge >= 0.3 is 0 Å². The second-order valence-electron chi connectivity index (χ2n) is 15.6. The lowest BCUT2D eigenvalue weighted by molar-refractivity contribution is -0.150. The molecule has 300 valence electrons. The van der Waals surface area contributed by atoms with Crippen LogP contribution < -0.4 is 24.5 Å². The first-order valence-electron chi connectivity index (χ1n) is 19.7. The summed E-state index contributed by atoms with van der Waals surface area (Å²) in [6.45, 7) is 7.27. The van der Waals surface area contributed by atoms with Crippen molar-refractivity contribution in [2.45, 2.75) is 56.8 Å². The number of methoxy groups -OCH3 is 2. The topological polar surface area (TPSA) is 109 Å². The molecule has 0 saturated carbocycles. The Morgan fingerprint density at radius 2 is 1.47 bits per heavy atom. The molecule has 7 rings (SSSR count). The number of ether oxygens (including phenoxy) is 3. The Hall–Kier alpha value is -5.75. The van der Waals surface area contributed by atoms with Crippen molar-refractivity contribution < 1.29 is 33.7 Å². The molecular weight excluding hydrogens is 747 g/mol. The number of rotatable bonds is 15. The molecule has 1 fully saturated rings. The van der Waals surface area contributed by atoms with Crippen LogP contribution in [0, 0.1) is 5.92 Å². The smallest absolute Gasteiger partial charge is 0.264 e. The Morgan fingerprint density at radius 1 is 0.845 bits per heavy atom. The van der Waals surface area contributed by atoms with Crippen molar-refractivity contribution >= 4 is 48.5 Å². The third kappa shape index (κ3) is 7.53. The molecule has 1 N–H and O–H groups in total. The van der Waals surface area contributed by atoms with E-state index in [-0.39, 0.29) is 49.4 Å². The Bertz CT molecular complexity index is 2220. The largest absolute Gasteiger partial charge is 0.497 e. The first kappa shape index (κ1) is 40.4. The number of hydrogen-bond acceptors (Lipinski definition) is 7. The van der Waals surface area contributed by atoms with Crippen LogP contribution in [0.1, 0.15) is 30.0 Å². The van der Waals surface area contributed by atoms with Crippen LogP contribution in [-0.2, 0) is 37.8 Å². The van der Waals surface area contributed by atoms with Gasteiger partial charge in [-0.2, -0.15) is 0 Å². The number of carbonyl (C=O) groups excluding carboxylic acids is 3. The lowest BCUT2D eigenvalue weighted by Gasteiger charge is -2.37. The predicted molar refractivity (Wildman–Crippen MR) is 228 cm³/mol. The zero-order chi connectivity index (χ0) is 41.0. The van der Waals surface area contributed by atoms with Gasteiger partial charge in [-0.25, -0.2) is 0 Å². The van der Waals surface area contributed by atoms with Gasteiger partial charge in [0.25, 0.3) is 5.91 Å². The second kappa shape index (κ2) is 17.0. The van der Waals surface area contributed by atoms with E-state index in [2.05, 4.69) is 32.2 Å². The third-order valence-corrected chi connectivity index (χ3v) is 16.4. The molecular formula is C47H51N3O7Si. The van der Waals surface area contributed by atoms with Crippen molar-refractivity contribution in [2.24, 2.45) is 5.92 Å². The van der Waals surface area contributed by atoms with E-state index >= 15 is 4.79 Å². The fraction of sp³-hybridized carbons (Fsp3) is 0.298. The molecule has 10 nitrogen and oxygen atoms in total. The minimum atomic E-state index is -2.55. The summed E-state index contributed by atoms with van der Waals surface area (Å²) in [4.78, 5) is 47.0. The Kier molecular flexibility index (Phi) is 11.9. The molecule has 0 aromatic heterocycles. The van der Waals surface area contributed by atoms with E-state index < -0.39 is 19.8 Å². The summed E-state index contributed by atoms with van der Waals surface area (Å²) in [6.07, 6.45) is 0.219. The first-order valence-corrected chi connectivity index (χ1v) is 22.8. The molecule has 2 heterocycles. The summed E-state index contributed by atoms with van der Waals surface area (Å²) in [5.41, 5.74) is 3.15. The molecule has 1 saturated heterocycles. The number of hydrogen-bond donors (Lipinski definition) is 1. The monoisotopic (exact) mass is 797 g/mol. The number of anilines is 3. The zero-order valence-corrected chi connectivity index (χ0v) is 34.7. The lowest BCUT2D eigenvalue weighted by Crippen LogP contribution is -2.52. The molecule has 0 radical (unpaired) electrons. The summed E-state index contributed by atoms with van der Waals surface area (Å²) in [7, 11) is 0.700. The molecule has 11 heteroatoms. The van der Waals surface area contributed by atoms with Gasteiger partial charge < -0.3 is 29.1 Å². The SMILES string of the molecule is COc1ccc([Si](C)(C)[C@H]2[C@H](CC(=O)N(CCO)Cc3ccccc3)O[C@@]3(C(=O)N(Cc4ccc(N(C=O)c5ccccc5)cc4)c4ccc(OC)cc43)[C@@H]2C)cc1. The van der Waals surface area contributed by atoms with E-state index in [9.17, 15) is 14.7 Å². The van der Waals surface area contributed by atoms with Gasteiger partial charge in [-0.3, -0.25) is 19.3 Å². The van der Waals surface area contributed by atoms with Gasteiger partial charge in [-0.05, 0) is 71.3 Å². The highest BCUT2D eigenvalue weighted by Gasteiger charge is 2.66. The van der Waals surface area contributed by atoms with Gasteiger partial charge in [0.1, 0.15) is 11.5 Å². The summed E-state index contributed by atoms with van der Waals surface area (Å²) in [5.74, 6) is 0.671. The molecule has 0 aliphatic carbocycles. The van der Waals surface area contributed by atoms with Gasteiger partial charge in [0, 0.05) is 35.9 Å². The maximum Gasteiger partial charge on any atom is 0.264 e. The predicted octanol–water partition coefficient (Wildman–Crippen LogP) is 7.17. The Morgan fingerprint density at radius 3 is 2.09 bits per heavy atom. The highest BCUT2D eigenvalue weighted by Crippen LogP contribution is 2.60. The molecule has 3 amide bonds. The van der Waals surface area contributed by atoms with E-state index in [0.29, 0.717) is 23.5 Å². The van der Waals surface area contributed by atoms with Gasteiger partial charge in [0.15, 0.2) is 5.60 Å². The van der Waals surface area contributed by atoms with Crippen molar-refractivity contribution in [1.82, 2.24) is 4.90 Å². The molecule has 1 spiro atoms. The fourth-order valence-corrected chi connectivity index (χ4v) is 13.1. The average molecular weight is 798 g/mol. The number of aliphatic hydroxyl groups is 1. The number of para-hydroxylation sites is 1. The van der Waals surface area contributed by atoms with E-state index in [1.807, 2.05) is 115 Å². The van der Waals surface area contributed by atoms with Crippen LogP contribution in [0.4, 0.5) is 17.1 Å². The number of fused-ring (bicyclic) bond motifs is 2. The van der Waals surface area contributed by atoms with E-state index in [1.165, 1.54) is 0 Å².